The van der Waals surface area contributed by atoms with Crippen molar-refractivity contribution in [3.8, 4) is 35.2 Å². The summed E-state index contributed by atoms with van der Waals surface area (Å²) in [5.74, 6) is 16.2. The molecule has 328 valence electrons. The average Bonchev–Trinajstić information content (AvgIpc) is 3.67. The van der Waals surface area contributed by atoms with Crippen LogP contribution in [0.1, 0.15) is 123 Å². The van der Waals surface area contributed by atoms with Crippen molar-refractivity contribution < 1.29 is 28.5 Å². The minimum atomic E-state index is -0.365. The van der Waals surface area contributed by atoms with Crippen molar-refractivity contribution >= 4 is 52.1 Å². The quantitative estimate of drug-likeness (QED) is 0.0200. The number of benzene rings is 3. The number of fused-ring (bicyclic) bond motifs is 3. The summed E-state index contributed by atoms with van der Waals surface area (Å²) in [4.78, 5) is 24.2. The van der Waals surface area contributed by atoms with Gasteiger partial charge in [-0.25, -0.2) is 4.79 Å². The molecule has 1 aliphatic carbocycles. The minimum Gasteiger partial charge on any atom is -0.494 e. The Balaban J connectivity index is 0.00000416. The van der Waals surface area contributed by atoms with Crippen molar-refractivity contribution in [1.29, 1.82) is 0 Å². The van der Waals surface area contributed by atoms with Crippen LogP contribution in [-0.2, 0) is 38.3 Å². The van der Waals surface area contributed by atoms with Gasteiger partial charge in [-0.1, -0.05) is 62.3 Å². The van der Waals surface area contributed by atoms with E-state index in [-0.39, 0.29) is 17.9 Å². The molecule has 8 heteroatoms. The number of unbranched alkanes of at least 4 members (excludes halogenated alkanes) is 7. The molecule has 5 rings (SSSR count). The van der Waals surface area contributed by atoms with Crippen LogP contribution >= 0.6 is 24.0 Å². The second kappa shape index (κ2) is 28.5. The lowest BCUT2D eigenvalue weighted by atomic mass is 9.93. The molecule has 1 aliphatic rings. The minimum absolute atomic E-state index is 0.0989. The zero-order valence-electron chi connectivity index (χ0n) is 36.9. The molecule has 0 amide bonds. The summed E-state index contributed by atoms with van der Waals surface area (Å²) in [7, 11) is 0. The van der Waals surface area contributed by atoms with Crippen LogP contribution in [0.3, 0.4) is 0 Å². The first-order valence-electron chi connectivity index (χ1n) is 22.2. The van der Waals surface area contributed by atoms with Gasteiger partial charge in [0, 0.05) is 50.1 Å². The molecule has 1 aromatic heterocycles. The number of carbonyl (C=O) groups excluding carboxylic acids is 2. The van der Waals surface area contributed by atoms with Gasteiger partial charge in [-0.15, -0.1) is 24.5 Å². The SMILES string of the molecule is C=C.C=CC(=O)OCCCCCCOc1ccc(C#Cc2ccc3c4c(sc3c2)CC(C#Cc2ccc(OCCCCCCOC(=O)CCCCS)cc2CC)C=C4)c(CC)c1. The van der Waals surface area contributed by atoms with Gasteiger partial charge in [-0.05, 0) is 154 Å². The fourth-order valence-corrected chi connectivity index (χ4v) is 8.50. The lowest BCUT2D eigenvalue weighted by Crippen LogP contribution is -2.06. The van der Waals surface area contributed by atoms with E-state index < -0.39 is 0 Å². The van der Waals surface area contributed by atoms with Gasteiger partial charge in [0.05, 0.1) is 26.4 Å². The first-order valence-corrected chi connectivity index (χ1v) is 23.7. The van der Waals surface area contributed by atoms with E-state index in [0.717, 1.165) is 117 Å². The van der Waals surface area contributed by atoms with E-state index in [1.54, 1.807) is 0 Å². The number of thiol groups is 1. The molecule has 0 saturated heterocycles. The first-order chi connectivity index (χ1) is 30.4. The Morgan fingerprint density at radius 3 is 1.97 bits per heavy atom. The third-order valence-electron chi connectivity index (χ3n) is 10.4. The molecule has 0 bridgehead atoms. The molecule has 0 aliphatic heterocycles. The van der Waals surface area contributed by atoms with E-state index >= 15 is 0 Å². The number of ether oxygens (including phenoxy) is 4. The van der Waals surface area contributed by atoms with Gasteiger partial charge < -0.3 is 18.9 Å². The maximum Gasteiger partial charge on any atom is 0.330 e. The maximum atomic E-state index is 11.7. The smallest absolute Gasteiger partial charge is 0.330 e. The Bertz CT molecular complexity index is 2210. The van der Waals surface area contributed by atoms with E-state index in [2.05, 4.69) is 125 Å². The van der Waals surface area contributed by atoms with Crippen LogP contribution in [0.15, 0.2) is 86.5 Å². The highest BCUT2D eigenvalue weighted by Gasteiger charge is 2.18. The molecule has 0 fully saturated rings. The van der Waals surface area contributed by atoms with Crippen LogP contribution in [0.2, 0.25) is 0 Å². The Morgan fingerprint density at radius 1 is 0.742 bits per heavy atom. The van der Waals surface area contributed by atoms with Crippen LogP contribution in [0.25, 0.3) is 16.2 Å². The van der Waals surface area contributed by atoms with Crippen LogP contribution in [-0.4, -0.2) is 44.1 Å². The third-order valence-corrected chi connectivity index (χ3v) is 11.9. The topological polar surface area (TPSA) is 71.1 Å². The molecular weight excluding hydrogens is 809 g/mol. The fourth-order valence-electron chi connectivity index (χ4n) is 6.98. The number of aryl methyl sites for hydroxylation is 2. The molecule has 4 aromatic rings. The van der Waals surface area contributed by atoms with Gasteiger partial charge in [0.1, 0.15) is 11.5 Å². The van der Waals surface area contributed by atoms with E-state index in [9.17, 15) is 9.59 Å². The summed E-state index contributed by atoms with van der Waals surface area (Å²) in [6, 6.07) is 19.0. The molecule has 1 atom stereocenters. The summed E-state index contributed by atoms with van der Waals surface area (Å²) in [5.41, 5.74) is 6.78. The lowest BCUT2D eigenvalue weighted by Gasteiger charge is -2.12. The lowest BCUT2D eigenvalue weighted by molar-refractivity contribution is -0.144. The van der Waals surface area contributed by atoms with Crippen molar-refractivity contribution in [3.63, 3.8) is 0 Å². The molecule has 1 unspecified atom stereocenters. The molecule has 0 radical (unpaired) electrons. The summed E-state index contributed by atoms with van der Waals surface area (Å²) >= 11 is 6.03. The molecule has 0 N–H and O–H groups in total. The Morgan fingerprint density at radius 2 is 1.35 bits per heavy atom. The van der Waals surface area contributed by atoms with Crippen molar-refractivity contribution in [3.05, 3.63) is 125 Å². The number of hydrogen-bond donors (Lipinski definition) is 1. The molecule has 3 aromatic carbocycles. The van der Waals surface area contributed by atoms with Gasteiger partial charge in [0.25, 0.3) is 0 Å². The van der Waals surface area contributed by atoms with Gasteiger partial charge >= 0.3 is 11.9 Å². The van der Waals surface area contributed by atoms with Crippen molar-refractivity contribution in [2.24, 2.45) is 5.92 Å². The van der Waals surface area contributed by atoms with Crippen LogP contribution < -0.4 is 9.47 Å². The second-order valence-corrected chi connectivity index (χ2v) is 16.6. The number of rotatable bonds is 23. The Hall–Kier alpha value is -5.15. The zero-order valence-corrected chi connectivity index (χ0v) is 38.6. The van der Waals surface area contributed by atoms with Gasteiger partial charge in [0.2, 0.25) is 0 Å². The molecule has 62 heavy (non-hydrogen) atoms. The molecule has 1 heterocycles. The van der Waals surface area contributed by atoms with Gasteiger partial charge in [-0.2, -0.15) is 12.6 Å². The predicted octanol–water partition coefficient (Wildman–Crippen LogP) is 12.7. The zero-order chi connectivity index (χ0) is 44.4. The van der Waals surface area contributed by atoms with Crippen molar-refractivity contribution in [2.75, 3.05) is 32.2 Å². The average molecular weight is 873 g/mol. The van der Waals surface area contributed by atoms with Gasteiger partial charge in [-0.3, -0.25) is 4.79 Å². The highest BCUT2D eigenvalue weighted by Crippen LogP contribution is 2.37. The summed E-state index contributed by atoms with van der Waals surface area (Å²) in [6.07, 6.45) is 18.4. The Kier molecular flexibility index (Phi) is 22.7. The molecule has 0 saturated carbocycles. The number of thiophene rings is 1. The number of hydrogen-bond acceptors (Lipinski definition) is 8. The number of esters is 2. The highest BCUT2D eigenvalue weighted by atomic mass is 32.1. The summed E-state index contributed by atoms with van der Waals surface area (Å²) in [6.45, 7) is 16.0. The van der Waals surface area contributed by atoms with Crippen LogP contribution in [0.4, 0.5) is 0 Å². The summed E-state index contributed by atoms with van der Waals surface area (Å²) in [5, 5.41) is 1.27. The third kappa shape index (κ3) is 16.6. The monoisotopic (exact) mass is 872 g/mol. The molecule has 0 spiro atoms. The van der Waals surface area contributed by atoms with E-state index in [1.165, 1.54) is 37.7 Å². The summed E-state index contributed by atoms with van der Waals surface area (Å²) < 4.78 is 23.7. The fraction of sp³-hybridized carbons (Fsp3) is 0.407. The van der Waals surface area contributed by atoms with Crippen LogP contribution in [0, 0.1) is 29.6 Å². The van der Waals surface area contributed by atoms with E-state index in [1.807, 2.05) is 23.5 Å². The Labute approximate surface area is 380 Å². The second-order valence-electron chi connectivity index (χ2n) is 15.0. The molecular formula is C54H64O6S2. The first kappa shape index (κ1) is 49.5. The standard InChI is InChI=1S/C52H60O6S2.C2H4/c1-4-41-37-45(55-30-12-7-9-14-32-57-51(53)6-3)26-24-43(41)22-18-39-20-28-47-48-29-21-40(36-50(48)60-49(47)35-39)19-23-44-25-27-46(38-42(44)5-2)56-31-13-8-10-15-33-58-52(54)17-11-16-34-59;1-2/h6,20-21,24-29,35,37-38,40,59H,3-5,7-17,30-34,36H2,1-2H3;1-2H2. The van der Waals surface area contributed by atoms with Crippen molar-refractivity contribution in [2.45, 2.75) is 104 Å². The normalized spacial score (nSPS) is 12.4. The highest BCUT2D eigenvalue weighted by molar-refractivity contribution is 7.80. The van der Waals surface area contributed by atoms with E-state index in [0.29, 0.717) is 32.8 Å². The maximum absolute atomic E-state index is 11.7. The van der Waals surface area contributed by atoms with Gasteiger partial charge in [0.15, 0.2) is 0 Å². The number of carbonyl (C=O) groups is 2. The predicted molar refractivity (Wildman–Crippen MR) is 262 cm³/mol. The van der Waals surface area contributed by atoms with Crippen LogP contribution in [0.5, 0.6) is 11.5 Å². The van der Waals surface area contributed by atoms with Crippen molar-refractivity contribution in [1.82, 2.24) is 0 Å². The van der Waals surface area contributed by atoms with E-state index in [4.69, 9.17) is 18.9 Å². The number of allylic oxidation sites excluding steroid dienone is 1. The largest absolute Gasteiger partial charge is 0.494 e. The molecule has 6 nitrogen and oxygen atoms in total.